The molecule has 1 atom stereocenters. The number of nitrogens with zero attached hydrogens (tertiary/aromatic N) is 2. The molecule has 0 aromatic carbocycles. The lowest BCUT2D eigenvalue weighted by Gasteiger charge is -2.33. The van der Waals surface area contributed by atoms with Crippen LogP contribution < -0.4 is 5.32 Å². The minimum absolute atomic E-state index is 0.0806. The first-order valence-corrected chi connectivity index (χ1v) is 6.42. The highest BCUT2D eigenvalue weighted by molar-refractivity contribution is 5.92. The summed E-state index contributed by atoms with van der Waals surface area (Å²) in [6, 6.07) is 4.85. The van der Waals surface area contributed by atoms with Crippen molar-refractivity contribution in [2.45, 2.75) is 19.0 Å². The van der Waals surface area contributed by atoms with Crippen molar-refractivity contribution in [1.29, 1.82) is 0 Å². The molecule has 2 rings (SSSR count). The Morgan fingerprint density at radius 2 is 2.20 bits per heavy atom. The zero-order chi connectivity index (χ0) is 14.8. The van der Waals surface area contributed by atoms with Crippen molar-refractivity contribution < 1.29 is 18.0 Å². The molecule has 1 aromatic rings. The molecule has 1 unspecified atom stereocenters. The molecule has 0 aliphatic carbocycles. The van der Waals surface area contributed by atoms with E-state index in [2.05, 4.69) is 10.3 Å². The Kier molecular flexibility index (Phi) is 4.15. The van der Waals surface area contributed by atoms with E-state index in [0.29, 0.717) is 18.8 Å². The van der Waals surface area contributed by atoms with Gasteiger partial charge in [-0.15, -0.1) is 0 Å². The van der Waals surface area contributed by atoms with E-state index in [4.69, 9.17) is 0 Å². The largest absolute Gasteiger partial charge is 0.393 e. The fraction of sp³-hybridized carbons (Fsp3) is 0.538. The van der Waals surface area contributed by atoms with E-state index in [1.807, 2.05) is 0 Å². The standard InChI is InChI=1S/C13H16F3N3O/c1-17-11-6-2-5-10(18-11)12(20)19-7-3-4-9(8-19)13(14,15)16/h2,5-6,9H,3-4,7-8H2,1H3,(H,17,18). The predicted octanol–water partition coefficient (Wildman–Crippen LogP) is 2.54. The summed E-state index contributed by atoms with van der Waals surface area (Å²) in [5.74, 6) is -1.37. The normalized spacial score (nSPS) is 19.8. The molecule has 1 amide bonds. The van der Waals surface area contributed by atoms with Gasteiger partial charge in [0.1, 0.15) is 11.5 Å². The number of pyridine rings is 1. The first-order valence-electron chi connectivity index (χ1n) is 6.42. The van der Waals surface area contributed by atoms with Crippen LogP contribution in [0.15, 0.2) is 18.2 Å². The summed E-state index contributed by atoms with van der Waals surface area (Å²) in [7, 11) is 1.66. The molecule has 0 saturated carbocycles. The number of halogens is 3. The molecule has 20 heavy (non-hydrogen) atoms. The first kappa shape index (κ1) is 14.6. The lowest BCUT2D eigenvalue weighted by atomic mass is 9.97. The number of amides is 1. The minimum atomic E-state index is -4.25. The molecule has 1 aromatic heterocycles. The number of likely N-dealkylation sites (tertiary alicyclic amines) is 1. The minimum Gasteiger partial charge on any atom is -0.373 e. The Morgan fingerprint density at radius 3 is 2.85 bits per heavy atom. The van der Waals surface area contributed by atoms with E-state index in [-0.39, 0.29) is 18.7 Å². The molecular weight excluding hydrogens is 271 g/mol. The quantitative estimate of drug-likeness (QED) is 0.909. The van der Waals surface area contributed by atoms with Crippen LogP contribution in [0.5, 0.6) is 0 Å². The highest BCUT2D eigenvalue weighted by atomic mass is 19.4. The van der Waals surface area contributed by atoms with Crippen molar-refractivity contribution in [2.24, 2.45) is 5.92 Å². The van der Waals surface area contributed by atoms with Gasteiger partial charge in [0.15, 0.2) is 0 Å². The lowest BCUT2D eigenvalue weighted by molar-refractivity contribution is -0.184. The summed E-state index contributed by atoms with van der Waals surface area (Å²) < 4.78 is 38.2. The summed E-state index contributed by atoms with van der Waals surface area (Å²) in [6.45, 7) is 0.0602. The van der Waals surface area contributed by atoms with Crippen LogP contribution in [-0.4, -0.2) is 42.1 Å². The van der Waals surface area contributed by atoms with Crippen LogP contribution in [0.4, 0.5) is 19.0 Å². The third-order valence-corrected chi connectivity index (χ3v) is 3.40. The highest BCUT2D eigenvalue weighted by Crippen LogP contribution is 2.33. The van der Waals surface area contributed by atoms with Gasteiger partial charge in [-0.05, 0) is 25.0 Å². The second-order valence-electron chi connectivity index (χ2n) is 4.79. The van der Waals surface area contributed by atoms with Gasteiger partial charge in [0.25, 0.3) is 5.91 Å². The van der Waals surface area contributed by atoms with Crippen LogP contribution in [0.1, 0.15) is 23.3 Å². The van der Waals surface area contributed by atoms with Crippen LogP contribution >= 0.6 is 0 Å². The first-order chi connectivity index (χ1) is 9.41. The van der Waals surface area contributed by atoms with Crippen molar-refractivity contribution in [3.05, 3.63) is 23.9 Å². The molecule has 1 fully saturated rings. The molecule has 1 aliphatic rings. The van der Waals surface area contributed by atoms with Gasteiger partial charge in [-0.2, -0.15) is 13.2 Å². The molecule has 1 aliphatic heterocycles. The Balaban J connectivity index is 2.12. The lowest BCUT2D eigenvalue weighted by Crippen LogP contribution is -2.44. The molecule has 4 nitrogen and oxygen atoms in total. The number of rotatable bonds is 2. The molecule has 2 heterocycles. The Bertz CT molecular complexity index is 490. The van der Waals surface area contributed by atoms with Crippen LogP contribution in [0.3, 0.4) is 0 Å². The van der Waals surface area contributed by atoms with Gasteiger partial charge in [-0.3, -0.25) is 4.79 Å². The van der Waals surface area contributed by atoms with Gasteiger partial charge in [0.05, 0.1) is 5.92 Å². The number of hydrogen-bond acceptors (Lipinski definition) is 3. The van der Waals surface area contributed by atoms with Crippen LogP contribution in [0.2, 0.25) is 0 Å². The fourth-order valence-electron chi connectivity index (χ4n) is 2.28. The third-order valence-electron chi connectivity index (χ3n) is 3.40. The molecule has 0 radical (unpaired) electrons. The summed E-state index contributed by atoms with van der Waals surface area (Å²) in [6.07, 6.45) is -3.81. The number of carbonyl (C=O) groups excluding carboxylic acids is 1. The van der Waals surface area contributed by atoms with Gasteiger partial charge in [-0.25, -0.2) is 4.98 Å². The maximum absolute atomic E-state index is 12.7. The van der Waals surface area contributed by atoms with E-state index in [1.165, 1.54) is 11.0 Å². The Hall–Kier alpha value is -1.79. The number of piperidine rings is 1. The van der Waals surface area contributed by atoms with E-state index in [9.17, 15) is 18.0 Å². The fourth-order valence-corrected chi connectivity index (χ4v) is 2.28. The molecular formula is C13H16F3N3O. The smallest absolute Gasteiger partial charge is 0.373 e. The van der Waals surface area contributed by atoms with Gasteiger partial charge in [0, 0.05) is 20.1 Å². The van der Waals surface area contributed by atoms with Crippen LogP contribution in [-0.2, 0) is 0 Å². The number of nitrogens with one attached hydrogen (secondary N) is 1. The van der Waals surface area contributed by atoms with Crippen molar-refractivity contribution in [1.82, 2.24) is 9.88 Å². The second-order valence-corrected chi connectivity index (χ2v) is 4.79. The SMILES string of the molecule is CNc1cccc(C(=O)N2CCCC(C(F)(F)F)C2)n1. The molecule has 1 N–H and O–H groups in total. The zero-order valence-corrected chi connectivity index (χ0v) is 11.1. The average Bonchev–Trinajstić information content (AvgIpc) is 2.46. The molecule has 0 bridgehead atoms. The number of aromatic nitrogens is 1. The van der Waals surface area contributed by atoms with Crippen molar-refractivity contribution in [3.63, 3.8) is 0 Å². The second kappa shape index (κ2) is 5.68. The number of alkyl halides is 3. The molecule has 110 valence electrons. The topological polar surface area (TPSA) is 45.2 Å². The van der Waals surface area contributed by atoms with Crippen LogP contribution in [0.25, 0.3) is 0 Å². The van der Waals surface area contributed by atoms with Crippen molar-refractivity contribution in [3.8, 4) is 0 Å². The van der Waals surface area contributed by atoms with Crippen molar-refractivity contribution >= 4 is 11.7 Å². The molecule has 1 saturated heterocycles. The van der Waals surface area contributed by atoms with Gasteiger partial charge >= 0.3 is 6.18 Å². The summed E-state index contributed by atoms with van der Waals surface area (Å²) in [5.41, 5.74) is 0.166. The van der Waals surface area contributed by atoms with E-state index in [0.717, 1.165) is 0 Å². The summed E-state index contributed by atoms with van der Waals surface area (Å²) in [4.78, 5) is 17.5. The predicted molar refractivity (Wildman–Crippen MR) is 68.5 cm³/mol. The maximum Gasteiger partial charge on any atom is 0.393 e. The summed E-state index contributed by atoms with van der Waals surface area (Å²) in [5, 5.41) is 2.80. The van der Waals surface area contributed by atoms with Crippen LogP contribution in [0, 0.1) is 5.92 Å². The molecule has 0 spiro atoms. The van der Waals surface area contributed by atoms with Gasteiger partial charge in [-0.1, -0.05) is 6.07 Å². The summed E-state index contributed by atoms with van der Waals surface area (Å²) >= 11 is 0. The highest BCUT2D eigenvalue weighted by Gasteiger charge is 2.42. The van der Waals surface area contributed by atoms with Gasteiger partial charge < -0.3 is 10.2 Å². The monoisotopic (exact) mass is 287 g/mol. The van der Waals surface area contributed by atoms with E-state index in [1.54, 1.807) is 19.2 Å². The van der Waals surface area contributed by atoms with Gasteiger partial charge in [0.2, 0.25) is 0 Å². The average molecular weight is 287 g/mol. The number of carbonyl (C=O) groups is 1. The molecule has 7 heteroatoms. The third kappa shape index (κ3) is 3.20. The maximum atomic E-state index is 12.7. The van der Waals surface area contributed by atoms with E-state index >= 15 is 0 Å². The number of anilines is 1. The van der Waals surface area contributed by atoms with Crippen molar-refractivity contribution in [2.75, 3.05) is 25.5 Å². The van der Waals surface area contributed by atoms with E-state index < -0.39 is 18.0 Å². The Morgan fingerprint density at radius 1 is 1.45 bits per heavy atom. The zero-order valence-electron chi connectivity index (χ0n) is 11.1. The number of hydrogen-bond donors (Lipinski definition) is 1. The Labute approximate surface area is 115 Å².